The fraction of sp³-hybridized carbons (Fsp3) is 0.800. The number of alkyl halides is 1. The first-order chi connectivity index (χ1) is 6.13. The molecule has 2 atom stereocenters. The molecule has 0 saturated carbocycles. The van der Waals surface area contributed by atoms with Crippen LogP contribution in [0, 0.1) is 38.0 Å². The van der Waals surface area contributed by atoms with E-state index < -0.39 is 11.7 Å². The van der Waals surface area contributed by atoms with Gasteiger partial charge in [0.25, 0.3) is 0 Å². The van der Waals surface area contributed by atoms with Gasteiger partial charge in [-0.1, -0.05) is 13.8 Å². The minimum atomic E-state index is -0.850. The number of nitrogens with zero attached hydrogens (tertiary/aromatic N) is 1. The molecule has 2 saturated heterocycles. The Morgan fingerprint density at radius 1 is 1.53 bits per heavy atom. The molecule has 0 bridgehead atoms. The van der Waals surface area contributed by atoms with Gasteiger partial charge < -0.3 is 16.6 Å². The summed E-state index contributed by atoms with van der Waals surface area (Å²) in [5, 5.41) is 0. The maximum absolute atomic E-state index is 12.8. The normalized spacial score (nSPS) is 33.3. The number of hydrogen-bond acceptors (Lipinski definition) is 2. The minimum Gasteiger partial charge on any atom is -0.317 e. The van der Waals surface area contributed by atoms with Gasteiger partial charge in [-0.15, -0.1) is 0 Å². The van der Waals surface area contributed by atoms with Gasteiger partial charge in [0.05, 0.1) is 0 Å². The largest absolute Gasteiger partial charge is 0.317 e. The molecule has 5 heteroatoms. The van der Waals surface area contributed by atoms with Gasteiger partial charge in [-0.05, 0) is 12.0 Å². The Morgan fingerprint density at radius 3 is 2.53 bits per heavy atom. The molecule has 0 N–H and O–H groups in total. The van der Waals surface area contributed by atoms with Crippen molar-refractivity contribution in [2.24, 2.45) is 0 Å². The summed E-state index contributed by atoms with van der Waals surface area (Å²) in [7, 11) is 0. The summed E-state index contributed by atoms with van der Waals surface area (Å²) < 4.78 is 12.8. The number of carbonyl (C=O) groups is 1. The number of Topliss-reactive ketones (excluding diaryl/α,β-unsaturated/α-hetero) is 1. The number of fused-ring (bicyclic) bond motifs is 1. The molecule has 15 heavy (non-hydrogen) atoms. The van der Waals surface area contributed by atoms with E-state index in [0.29, 0.717) is 25.9 Å². The summed E-state index contributed by atoms with van der Waals surface area (Å²) in [4.78, 5) is 13.1. The van der Waals surface area contributed by atoms with Gasteiger partial charge in [-0.3, -0.25) is 0 Å². The van der Waals surface area contributed by atoms with Crippen molar-refractivity contribution in [3.05, 3.63) is 6.92 Å². The van der Waals surface area contributed by atoms with Crippen molar-refractivity contribution in [3.63, 3.8) is 0 Å². The second-order valence-electron chi connectivity index (χ2n) is 3.45. The molecule has 1 radical (unpaired) electrons. The van der Waals surface area contributed by atoms with Crippen LogP contribution in [0.3, 0.4) is 0 Å². The molecule has 2 rings (SSSR count). The molecular formula is C10H17FNOUY-. The standard InChI is InChI=1S/C8H11FNO.C2H6.U.Y/c1-8-4-6(9)5-10(8)3-2-7(8)11;1-2;;/h6H,1-5H2;1-2H3;;/q-1;;;/t6-,8?;;;/m1.../s1. The Labute approximate surface area is 140 Å². The molecule has 0 aromatic rings. The van der Waals surface area contributed by atoms with E-state index >= 15 is 0 Å². The molecule has 2 heterocycles. The Balaban J connectivity index is 0. The molecule has 2 aliphatic rings. The second-order valence-corrected chi connectivity index (χ2v) is 3.45. The molecular weight excluding hydrogens is 496 g/mol. The minimum absolute atomic E-state index is 0. The van der Waals surface area contributed by atoms with Crippen molar-refractivity contribution in [1.29, 1.82) is 0 Å². The summed E-state index contributed by atoms with van der Waals surface area (Å²) in [5.41, 5.74) is -0.695. The van der Waals surface area contributed by atoms with E-state index in [9.17, 15) is 9.18 Å². The van der Waals surface area contributed by atoms with Crippen LogP contribution in [-0.2, 0) is 37.5 Å². The summed E-state index contributed by atoms with van der Waals surface area (Å²) >= 11 is 0. The van der Waals surface area contributed by atoms with Crippen LogP contribution in [0.4, 0.5) is 4.39 Å². The second kappa shape index (κ2) is 7.93. The first-order valence-corrected chi connectivity index (χ1v) is 4.91. The molecule has 0 aromatic heterocycles. The van der Waals surface area contributed by atoms with E-state index in [1.54, 1.807) is 0 Å². The zero-order valence-electron chi connectivity index (χ0n) is 9.42. The molecule has 83 valence electrons. The van der Waals surface area contributed by atoms with Gasteiger partial charge in [-0.25, -0.2) is 4.39 Å². The van der Waals surface area contributed by atoms with Crippen LogP contribution >= 0.6 is 0 Å². The van der Waals surface area contributed by atoms with E-state index in [2.05, 4.69) is 6.92 Å². The average Bonchev–Trinajstić information content (AvgIpc) is 2.53. The van der Waals surface area contributed by atoms with Crippen molar-refractivity contribution in [2.45, 2.75) is 38.4 Å². The summed E-state index contributed by atoms with van der Waals surface area (Å²) in [6, 6.07) is 0. The van der Waals surface area contributed by atoms with E-state index in [1.165, 1.54) is 0 Å². The van der Waals surface area contributed by atoms with Gasteiger partial charge in [0.1, 0.15) is 12.0 Å². The fourth-order valence-electron chi connectivity index (χ4n) is 2.04. The predicted octanol–water partition coefficient (Wildman–Crippen LogP) is 1.60. The van der Waals surface area contributed by atoms with Crippen LogP contribution in [0.2, 0.25) is 0 Å². The van der Waals surface area contributed by atoms with Gasteiger partial charge in [-0.2, -0.15) is 0 Å². The number of halogens is 1. The Bertz CT molecular complexity index is 218. The number of ketones is 1. The molecule has 2 aliphatic heterocycles. The molecule has 2 nitrogen and oxygen atoms in total. The van der Waals surface area contributed by atoms with Crippen molar-refractivity contribution < 1.29 is 73.0 Å². The van der Waals surface area contributed by atoms with Crippen LogP contribution in [0.1, 0.15) is 26.7 Å². The molecule has 1 unspecified atom stereocenters. The van der Waals surface area contributed by atoms with E-state index in [0.717, 1.165) is 0 Å². The first kappa shape index (κ1) is 19.1. The first-order valence-electron chi connectivity index (χ1n) is 4.91. The fourth-order valence-corrected chi connectivity index (χ4v) is 2.04. The van der Waals surface area contributed by atoms with Gasteiger partial charge in [0.2, 0.25) is 0 Å². The Morgan fingerprint density at radius 2 is 2.07 bits per heavy atom. The Kier molecular flexibility index (Phi) is 10.1. The molecule has 0 spiro atoms. The molecule has 0 aliphatic carbocycles. The Hall–Kier alpha value is 1.72. The van der Waals surface area contributed by atoms with Crippen LogP contribution in [-0.4, -0.2) is 35.5 Å². The smallest absolute Gasteiger partial charge is 0.123 e. The third kappa shape index (κ3) is 3.85. The summed E-state index contributed by atoms with van der Waals surface area (Å²) in [5.74, 6) is 0.109. The number of carbonyl (C=O) groups excluding carboxylic acids is 1. The van der Waals surface area contributed by atoms with Crippen LogP contribution in [0.5, 0.6) is 0 Å². The van der Waals surface area contributed by atoms with E-state index in [4.69, 9.17) is 0 Å². The number of rotatable bonds is 0. The zero-order chi connectivity index (χ0) is 10.1. The van der Waals surface area contributed by atoms with Gasteiger partial charge in [0.15, 0.2) is 0 Å². The maximum atomic E-state index is 12.8. The molecule has 2 fully saturated rings. The summed E-state index contributed by atoms with van der Waals surface area (Å²) in [6.45, 7) is 8.89. The molecule has 0 aromatic carbocycles. The average molecular weight is 513 g/mol. The quantitative estimate of drug-likeness (QED) is 0.460. The topological polar surface area (TPSA) is 20.3 Å². The third-order valence-corrected chi connectivity index (χ3v) is 2.71. The van der Waals surface area contributed by atoms with Crippen molar-refractivity contribution in [2.75, 3.05) is 13.1 Å². The van der Waals surface area contributed by atoms with Crippen molar-refractivity contribution in [3.8, 4) is 0 Å². The van der Waals surface area contributed by atoms with Crippen LogP contribution < -0.4 is 0 Å². The predicted molar refractivity (Wildman–Crippen MR) is 50.1 cm³/mol. The van der Waals surface area contributed by atoms with E-state index in [-0.39, 0.29) is 69.6 Å². The maximum Gasteiger partial charge on any atom is 0.123 e. The SMILES string of the molecule is CC.[CH2-]C12C[C@@H](F)CN1CCC2=O.[U].[Y]. The third-order valence-electron chi connectivity index (χ3n) is 2.71. The van der Waals surface area contributed by atoms with Crippen LogP contribution in [0.15, 0.2) is 0 Å². The van der Waals surface area contributed by atoms with Gasteiger partial charge in [0, 0.05) is 83.3 Å². The van der Waals surface area contributed by atoms with Crippen molar-refractivity contribution >= 4 is 5.78 Å². The number of hydrogen-bond donors (Lipinski definition) is 0. The van der Waals surface area contributed by atoms with E-state index in [1.807, 2.05) is 18.7 Å². The van der Waals surface area contributed by atoms with Gasteiger partial charge >= 0.3 is 0 Å². The monoisotopic (exact) mass is 513 g/mol. The summed E-state index contributed by atoms with van der Waals surface area (Å²) in [6.07, 6.45) is -0.000972. The van der Waals surface area contributed by atoms with Crippen molar-refractivity contribution in [1.82, 2.24) is 4.90 Å². The zero-order valence-corrected chi connectivity index (χ0v) is 16.4. The van der Waals surface area contributed by atoms with Crippen LogP contribution in [0.25, 0.3) is 0 Å². The molecule has 0 amide bonds.